The Hall–Kier alpha value is -0.560. The lowest BCUT2D eigenvalue weighted by Crippen LogP contribution is -2.00. The molecule has 2 nitrogen and oxygen atoms in total. The van der Waals surface area contributed by atoms with Gasteiger partial charge in [0.05, 0.1) is 4.47 Å². The van der Waals surface area contributed by atoms with Gasteiger partial charge >= 0.3 is 10.2 Å². The molecule has 78 valence electrons. The zero-order chi connectivity index (χ0) is 10.9. The lowest BCUT2D eigenvalue weighted by molar-refractivity contribution is 0.541. The molecular formula is C7H4BrF3O2S. The summed E-state index contributed by atoms with van der Waals surface area (Å²) in [6.45, 7) is 0. The van der Waals surface area contributed by atoms with Crippen LogP contribution in [0.15, 0.2) is 16.6 Å². The fourth-order valence-electron chi connectivity index (χ4n) is 0.863. The predicted molar refractivity (Wildman–Crippen MR) is 47.8 cm³/mol. The highest BCUT2D eigenvalue weighted by Crippen LogP contribution is 2.23. The largest absolute Gasteiger partial charge is 0.306 e. The first kappa shape index (κ1) is 11.5. The first-order chi connectivity index (χ1) is 6.31. The molecule has 1 aromatic rings. The average Bonchev–Trinajstić information content (AvgIpc) is 2.04. The SMILES string of the molecule is O=S(=O)(F)Cc1ccc(F)c(Br)c1F. The van der Waals surface area contributed by atoms with E-state index in [1.165, 1.54) is 0 Å². The van der Waals surface area contributed by atoms with E-state index in [-0.39, 0.29) is 0 Å². The predicted octanol–water partition coefficient (Wildman–Crippen LogP) is 2.53. The van der Waals surface area contributed by atoms with Crippen molar-refractivity contribution in [1.29, 1.82) is 0 Å². The molecule has 0 aromatic heterocycles. The molecule has 0 fully saturated rings. The molecule has 0 aliphatic heterocycles. The van der Waals surface area contributed by atoms with Crippen LogP contribution >= 0.6 is 15.9 Å². The lowest BCUT2D eigenvalue weighted by Gasteiger charge is -2.02. The zero-order valence-electron chi connectivity index (χ0n) is 6.60. The summed E-state index contributed by atoms with van der Waals surface area (Å²) in [5.74, 6) is -3.08. The Morgan fingerprint density at radius 2 is 1.86 bits per heavy atom. The zero-order valence-corrected chi connectivity index (χ0v) is 9.00. The topological polar surface area (TPSA) is 34.1 Å². The van der Waals surface area contributed by atoms with Crippen molar-refractivity contribution in [3.63, 3.8) is 0 Å². The van der Waals surface area contributed by atoms with Gasteiger partial charge in [-0.1, -0.05) is 6.07 Å². The van der Waals surface area contributed by atoms with Gasteiger partial charge in [-0.15, -0.1) is 3.89 Å². The number of hydrogen-bond acceptors (Lipinski definition) is 2. The summed E-state index contributed by atoms with van der Waals surface area (Å²) in [5, 5.41) is 0. The smallest absolute Gasteiger partial charge is 0.206 e. The first-order valence-corrected chi connectivity index (χ1v) is 5.70. The fourth-order valence-corrected chi connectivity index (χ4v) is 1.84. The van der Waals surface area contributed by atoms with E-state index in [1.807, 2.05) is 0 Å². The van der Waals surface area contributed by atoms with Crippen molar-refractivity contribution in [2.24, 2.45) is 0 Å². The van der Waals surface area contributed by atoms with E-state index in [0.29, 0.717) is 0 Å². The monoisotopic (exact) mass is 288 g/mol. The fraction of sp³-hybridized carbons (Fsp3) is 0.143. The maximum Gasteiger partial charge on any atom is 0.306 e. The van der Waals surface area contributed by atoms with E-state index in [1.54, 1.807) is 0 Å². The molecule has 0 unspecified atom stereocenters. The summed E-state index contributed by atoms with van der Waals surface area (Å²) in [7, 11) is -4.81. The van der Waals surface area contributed by atoms with Gasteiger partial charge < -0.3 is 0 Å². The normalized spacial score (nSPS) is 11.7. The number of hydrogen-bond donors (Lipinski definition) is 0. The molecule has 0 radical (unpaired) electrons. The molecule has 1 aromatic carbocycles. The van der Waals surface area contributed by atoms with E-state index in [4.69, 9.17) is 0 Å². The van der Waals surface area contributed by atoms with Crippen molar-refractivity contribution in [1.82, 2.24) is 0 Å². The van der Waals surface area contributed by atoms with E-state index in [0.717, 1.165) is 12.1 Å². The Morgan fingerprint density at radius 3 is 2.36 bits per heavy atom. The molecule has 0 aliphatic rings. The van der Waals surface area contributed by atoms with Gasteiger partial charge in [-0.05, 0) is 22.0 Å². The van der Waals surface area contributed by atoms with Crippen LogP contribution in [0.4, 0.5) is 12.7 Å². The van der Waals surface area contributed by atoms with E-state index in [2.05, 4.69) is 15.9 Å². The molecule has 1 rings (SSSR count). The van der Waals surface area contributed by atoms with E-state index >= 15 is 0 Å². The molecule has 0 bridgehead atoms. The second-order valence-electron chi connectivity index (χ2n) is 2.52. The molecule has 0 heterocycles. The van der Waals surface area contributed by atoms with Gasteiger partial charge in [-0.3, -0.25) is 0 Å². The minimum atomic E-state index is -4.81. The van der Waals surface area contributed by atoms with Gasteiger partial charge in [0.1, 0.15) is 17.4 Å². The van der Waals surface area contributed by atoms with Crippen molar-refractivity contribution in [2.75, 3.05) is 0 Å². The Kier molecular flexibility index (Phi) is 3.20. The summed E-state index contributed by atoms with van der Waals surface area (Å²) in [5.41, 5.74) is -0.416. The Balaban J connectivity index is 3.19. The highest BCUT2D eigenvalue weighted by Gasteiger charge is 2.16. The molecule has 0 atom stereocenters. The molecule has 0 amide bonds. The van der Waals surface area contributed by atoms with Crippen LogP contribution in [0.25, 0.3) is 0 Å². The third-order valence-corrected chi connectivity index (χ3v) is 2.83. The third kappa shape index (κ3) is 2.71. The molecule has 7 heteroatoms. The van der Waals surface area contributed by atoms with Crippen LogP contribution in [0.1, 0.15) is 5.56 Å². The maximum absolute atomic E-state index is 13.1. The van der Waals surface area contributed by atoms with Gasteiger partial charge in [0.2, 0.25) is 0 Å². The van der Waals surface area contributed by atoms with Gasteiger partial charge in [0, 0.05) is 5.56 Å². The van der Waals surface area contributed by atoms with Crippen molar-refractivity contribution in [3.05, 3.63) is 33.8 Å². The highest BCUT2D eigenvalue weighted by atomic mass is 79.9. The summed E-state index contributed by atoms with van der Waals surface area (Å²) in [4.78, 5) is 0. The third-order valence-electron chi connectivity index (χ3n) is 1.44. The number of halogens is 4. The number of rotatable bonds is 2. The Morgan fingerprint density at radius 1 is 1.29 bits per heavy atom. The van der Waals surface area contributed by atoms with Crippen LogP contribution in [-0.4, -0.2) is 8.42 Å². The van der Waals surface area contributed by atoms with Crippen LogP contribution in [0.2, 0.25) is 0 Å². The summed E-state index contributed by atoms with van der Waals surface area (Å²) in [6.07, 6.45) is 0. The van der Waals surface area contributed by atoms with E-state index < -0.39 is 37.6 Å². The minimum absolute atomic E-state index is 0.416. The highest BCUT2D eigenvalue weighted by molar-refractivity contribution is 9.10. The van der Waals surface area contributed by atoms with Gasteiger partial charge in [-0.25, -0.2) is 8.78 Å². The lowest BCUT2D eigenvalue weighted by atomic mass is 10.2. The number of benzene rings is 1. The first-order valence-electron chi connectivity index (χ1n) is 3.36. The van der Waals surface area contributed by atoms with Crippen molar-refractivity contribution >= 4 is 26.2 Å². The van der Waals surface area contributed by atoms with Gasteiger partial charge in [-0.2, -0.15) is 8.42 Å². The summed E-state index contributed by atoms with van der Waals surface area (Å²) in [6, 6.07) is 1.74. The Labute approximate surface area is 87.1 Å². The van der Waals surface area contributed by atoms with Crippen LogP contribution in [0, 0.1) is 11.6 Å². The molecule has 0 spiro atoms. The molecule has 14 heavy (non-hydrogen) atoms. The van der Waals surface area contributed by atoms with Gasteiger partial charge in [0.25, 0.3) is 0 Å². The van der Waals surface area contributed by atoms with Crippen molar-refractivity contribution in [2.45, 2.75) is 5.75 Å². The maximum atomic E-state index is 13.1. The van der Waals surface area contributed by atoms with Crippen LogP contribution in [0.3, 0.4) is 0 Å². The standard InChI is InChI=1S/C7H4BrF3O2S/c8-6-5(9)2-1-4(7(6)10)3-14(11,12)13/h1-2H,3H2. The minimum Gasteiger partial charge on any atom is -0.206 e. The summed E-state index contributed by atoms with van der Waals surface area (Å²) < 4.78 is 57.8. The van der Waals surface area contributed by atoms with Crippen LogP contribution < -0.4 is 0 Å². The second-order valence-corrected chi connectivity index (χ2v) is 4.68. The summed E-state index contributed by atoms with van der Waals surface area (Å²) >= 11 is 2.57. The quantitative estimate of drug-likeness (QED) is 0.619. The Bertz CT molecular complexity index is 458. The molecule has 0 N–H and O–H groups in total. The molecular weight excluding hydrogens is 285 g/mol. The van der Waals surface area contributed by atoms with Crippen molar-refractivity contribution in [3.8, 4) is 0 Å². The molecule has 0 saturated heterocycles. The van der Waals surface area contributed by atoms with Crippen molar-refractivity contribution < 1.29 is 21.1 Å². The van der Waals surface area contributed by atoms with E-state index in [9.17, 15) is 21.1 Å². The second kappa shape index (κ2) is 3.90. The average molecular weight is 289 g/mol. The molecule has 0 saturated carbocycles. The molecule has 0 aliphatic carbocycles. The van der Waals surface area contributed by atoms with Crippen LogP contribution in [-0.2, 0) is 16.0 Å². The van der Waals surface area contributed by atoms with Crippen LogP contribution in [0.5, 0.6) is 0 Å². The van der Waals surface area contributed by atoms with Gasteiger partial charge in [0.15, 0.2) is 0 Å².